The van der Waals surface area contributed by atoms with E-state index >= 15 is 0 Å². The first-order valence-electron chi connectivity index (χ1n) is 7.54. The maximum absolute atomic E-state index is 12.7. The summed E-state index contributed by atoms with van der Waals surface area (Å²) < 4.78 is 5.42. The molecule has 4 nitrogen and oxygen atoms in total. The molecule has 2 bridgehead atoms. The van der Waals surface area contributed by atoms with Crippen molar-refractivity contribution in [1.29, 1.82) is 0 Å². The quantitative estimate of drug-likeness (QED) is 0.846. The molecule has 2 saturated heterocycles. The summed E-state index contributed by atoms with van der Waals surface area (Å²) in [5, 5.41) is 3.62. The molecule has 3 aliphatic rings. The summed E-state index contributed by atoms with van der Waals surface area (Å²) in [7, 11) is 0. The molecular formula is C16H20N2O2. The lowest BCUT2D eigenvalue weighted by Crippen LogP contribution is -2.39. The van der Waals surface area contributed by atoms with Gasteiger partial charge in [-0.05, 0) is 42.5 Å². The summed E-state index contributed by atoms with van der Waals surface area (Å²) >= 11 is 0. The molecule has 3 heterocycles. The first-order chi connectivity index (χ1) is 9.79. The lowest BCUT2D eigenvalue weighted by atomic mass is 10.0. The molecule has 106 valence electrons. The third kappa shape index (κ3) is 2.13. The number of likely N-dealkylation sites (tertiary alicyclic amines) is 1. The molecule has 20 heavy (non-hydrogen) atoms. The molecule has 4 heteroatoms. The minimum absolute atomic E-state index is 0.175. The first kappa shape index (κ1) is 12.4. The van der Waals surface area contributed by atoms with Gasteiger partial charge in [-0.3, -0.25) is 4.79 Å². The van der Waals surface area contributed by atoms with Crippen LogP contribution in [0.1, 0.15) is 40.7 Å². The van der Waals surface area contributed by atoms with Gasteiger partial charge in [0, 0.05) is 30.7 Å². The number of nitrogens with zero attached hydrogens (tertiary/aromatic N) is 1. The summed E-state index contributed by atoms with van der Waals surface area (Å²) in [6.45, 7) is 3.05. The van der Waals surface area contributed by atoms with Gasteiger partial charge >= 0.3 is 0 Å². The third-order valence-corrected chi connectivity index (χ3v) is 4.78. The van der Waals surface area contributed by atoms with Gasteiger partial charge < -0.3 is 15.0 Å². The maximum atomic E-state index is 12.7. The lowest BCUT2D eigenvalue weighted by Gasteiger charge is -2.24. The van der Waals surface area contributed by atoms with Crippen LogP contribution in [0.3, 0.4) is 0 Å². The number of ether oxygens (including phenoxy) is 1. The Labute approximate surface area is 119 Å². The Kier molecular flexibility index (Phi) is 3.00. The smallest absolute Gasteiger partial charge is 0.253 e. The molecule has 2 fully saturated rings. The van der Waals surface area contributed by atoms with Crippen molar-refractivity contribution < 1.29 is 9.53 Å². The molecule has 0 saturated carbocycles. The third-order valence-electron chi connectivity index (χ3n) is 4.78. The number of nitrogens with one attached hydrogen (secondary N) is 1. The second kappa shape index (κ2) is 4.86. The first-order valence-corrected chi connectivity index (χ1v) is 7.54. The van der Waals surface area contributed by atoms with Gasteiger partial charge in [0.25, 0.3) is 5.91 Å². The molecular weight excluding hydrogens is 252 g/mol. The van der Waals surface area contributed by atoms with E-state index in [9.17, 15) is 4.79 Å². The molecule has 2 unspecified atom stereocenters. The Balaban J connectivity index is 1.54. The van der Waals surface area contributed by atoms with Crippen molar-refractivity contribution in [3.63, 3.8) is 0 Å². The molecule has 1 aromatic carbocycles. The van der Waals surface area contributed by atoms with Crippen molar-refractivity contribution in [2.45, 2.75) is 44.6 Å². The lowest BCUT2D eigenvalue weighted by molar-refractivity contribution is 0.0748. The van der Waals surface area contributed by atoms with Crippen LogP contribution in [0.2, 0.25) is 0 Å². The van der Waals surface area contributed by atoms with Crippen LogP contribution in [0.15, 0.2) is 18.2 Å². The Morgan fingerprint density at radius 2 is 2.00 bits per heavy atom. The average molecular weight is 272 g/mol. The Bertz CT molecular complexity index is 543. The molecule has 0 aromatic heterocycles. The average Bonchev–Trinajstić information content (AvgIpc) is 3.03. The van der Waals surface area contributed by atoms with Crippen LogP contribution in [0.5, 0.6) is 0 Å². The van der Waals surface area contributed by atoms with E-state index in [4.69, 9.17) is 4.74 Å². The van der Waals surface area contributed by atoms with E-state index in [0.29, 0.717) is 25.3 Å². The van der Waals surface area contributed by atoms with Gasteiger partial charge in [-0.1, -0.05) is 6.07 Å². The molecule has 1 aromatic rings. The standard InChI is InChI=1S/C16H20N2O2/c19-16(11-1-2-12-9-20-10-13(12)7-11)18-6-5-14-3-4-15(8-18)17-14/h1-2,7,14-15,17H,3-6,8-10H2. The Morgan fingerprint density at radius 3 is 2.95 bits per heavy atom. The normalized spacial score (nSPS) is 28.3. The largest absolute Gasteiger partial charge is 0.372 e. The van der Waals surface area contributed by atoms with Crippen LogP contribution in [-0.4, -0.2) is 36.0 Å². The van der Waals surface area contributed by atoms with Crippen molar-refractivity contribution >= 4 is 5.91 Å². The van der Waals surface area contributed by atoms with Crippen LogP contribution in [0, 0.1) is 0 Å². The van der Waals surface area contributed by atoms with E-state index < -0.39 is 0 Å². The number of carbonyl (C=O) groups is 1. The van der Waals surface area contributed by atoms with E-state index in [1.54, 1.807) is 0 Å². The van der Waals surface area contributed by atoms with Crippen LogP contribution >= 0.6 is 0 Å². The van der Waals surface area contributed by atoms with Gasteiger partial charge in [0.15, 0.2) is 0 Å². The van der Waals surface area contributed by atoms with Crippen molar-refractivity contribution in [2.24, 2.45) is 0 Å². The summed E-state index contributed by atoms with van der Waals surface area (Å²) in [5.74, 6) is 0.175. The molecule has 0 aliphatic carbocycles. The molecule has 1 N–H and O–H groups in total. The van der Waals surface area contributed by atoms with Gasteiger partial charge in [0.2, 0.25) is 0 Å². The summed E-state index contributed by atoms with van der Waals surface area (Å²) in [6, 6.07) is 7.11. The monoisotopic (exact) mass is 272 g/mol. The fourth-order valence-electron chi connectivity index (χ4n) is 3.62. The number of amides is 1. The number of rotatable bonds is 1. The SMILES string of the molecule is O=C(c1ccc2c(c1)COC2)N1CCC2CCC(C1)N2. The number of benzene rings is 1. The second-order valence-corrected chi connectivity index (χ2v) is 6.15. The van der Waals surface area contributed by atoms with E-state index in [1.807, 2.05) is 23.1 Å². The van der Waals surface area contributed by atoms with Gasteiger partial charge in [0.05, 0.1) is 13.2 Å². The van der Waals surface area contributed by atoms with Crippen LogP contribution in [0.25, 0.3) is 0 Å². The maximum Gasteiger partial charge on any atom is 0.253 e. The van der Waals surface area contributed by atoms with Gasteiger partial charge in [0.1, 0.15) is 0 Å². The predicted molar refractivity (Wildman–Crippen MR) is 75.4 cm³/mol. The molecule has 4 rings (SSSR count). The number of fused-ring (bicyclic) bond motifs is 3. The molecule has 0 spiro atoms. The fourth-order valence-corrected chi connectivity index (χ4v) is 3.62. The molecule has 0 radical (unpaired) electrons. The highest BCUT2D eigenvalue weighted by Crippen LogP contribution is 2.24. The van der Waals surface area contributed by atoms with Gasteiger partial charge in [-0.25, -0.2) is 0 Å². The van der Waals surface area contributed by atoms with Crippen LogP contribution < -0.4 is 5.32 Å². The van der Waals surface area contributed by atoms with E-state index in [0.717, 1.165) is 25.1 Å². The number of carbonyl (C=O) groups excluding carboxylic acids is 1. The van der Waals surface area contributed by atoms with Crippen LogP contribution in [0.4, 0.5) is 0 Å². The van der Waals surface area contributed by atoms with E-state index in [1.165, 1.54) is 24.0 Å². The predicted octanol–water partition coefficient (Wildman–Crippen LogP) is 1.68. The minimum atomic E-state index is 0.175. The number of hydrogen-bond acceptors (Lipinski definition) is 3. The van der Waals surface area contributed by atoms with Crippen molar-refractivity contribution in [2.75, 3.05) is 13.1 Å². The fraction of sp³-hybridized carbons (Fsp3) is 0.562. The second-order valence-electron chi connectivity index (χ2n) is 6.15. The zero-order valence-corrected chi connectivity index (χ0v) is 11.6. The highest BCUT2D eigenvalue weighted by molar-refractivity contribution is 5.94. The Hall–Kier alpha value is -1.39. The zero-order valence-electron chi connectivity index (χ0n) is 11.6. The van der Waals surface area contributed by atoms with Gasteiger partial charge in [-0.2, -0.15) is 0 Å². The number of hydrogen-bond donors (Lipinski definition) is 1. The topological polar surface area (TPSA) is 41.6 Å². The molecule has 1 amide bonds. The molecule has 2 atom stereocenters. The van der Waals surface area contributed by atoms with Crippen LogP contribution in [-0.2, 0) is 18.0 Å². The van der Waals surface area contributed by atoms with Crippen molar-refractivity contribution in [3.05, 3.63) is 34.9 Å². The van der Waals surface area contributed by atoms with E-state index in [-0.39, 0.29) is 5.91 Å². The summed E-state index contributed by atoms with van der Waals surface area (Å²) in [6.07, 6.45) is 3.55. The van der Waals surface area contributed by atoms with Crippen molar-refractivity contribution in [3.8, 4) is 0 Å². The highest BCUT2D eigenvalue weighted by atomic mass is 16.5. The summed E-state index contributed by atoms with van der Waals surface area (Å²) in [4.78, 5) is 14.7. The minimum Gasteiger partial charge on any atom is -0.372 e. The summed E-state index contributed by atoms with van der Waals surface area (Å²) in [5.41, 5.74) is 3.20. The zero-order chi connectivity index (χ0) is 13.5. The van der Waals surface area contributed by atoms with Crippen molar-refractivity contribution in [1.82, 2.24) is 10.2 Å². The molecule has 3 aliphatic heterocycles. The van der Waals surface area contributed by atoms with E-state index in [2.05, 4.69) is 5.32 Å². The highest BCUT2D eigenvalue weighted by Gasteiger charge is 2.31. The Morgan fingerprint density at radius 1 is 1.15 bits per heavy atom. The van der Waals surface area contributed by atoms with Gasteiger partial charge in [-0.15, -0.1) is 0 Å².